The van der Waals surface area contributed by atoms with Crippen LogP contribution in [-0.2, 0) is 14.0 Å². The minimum atomic E-state index is -1.92. The van der Waals surface area contributed by atoms with E-state index in [1.165, 1.54) is 0 Å². The molecule has 0 aromatic rings. The molecular weight excluding hydrogens is 292 g/mol. The SMILES string of the molecule is CCOC(=O)/C=C1\CC=CCCC1(C)O[Si](C)(C)C(C)(C)C. The van der Waals surface area contributed by atoms with Crippen LogP contribution in [0, 0.1) is 0 Å². The van der Waals surface area contributed by atoms with Crippen molar-refractivity contribution in [3.63, 3.8) is 0 Å². The summed E-state index contributed by atoms with van der Waals surface area (Å²) < 4.78 is 11.8. The van der Waals surface area contributed by atoms with E-state index in [0.717, 1.165) is 24.8 Å². The van der Waals surface area contributed by atoms with Crippen molar-refractivity contribution in [2.75, 3.05) is 6.61 Å². The first-order valence-electron chi connectivity index (χ1n) is 8.25. The Labute approximate surface area is 136 Å². The van der Waals surface area contributed by atoms with Crippen molar-refractivity contribution in [1.29, 1.82) is 0 Å². The van der Waals surface area contributed by atoms with Crippen LogP contribution >= 0.6 is 0 Å². The molecule has 0 radical (unpaired) electrons. The van der Waals surface area contributed by atoms with Crippen LogP contribution in [0.3, 0.4) is 0 Å². The van der Waals surface area contributed by atoms with E-state index in [2.05, 4.69) is 52.9 Å². The lowest BCUT2D eigenvalue weighted by atomic mass is 9.90. The third-order valence-corrected chi connectivity index (χ3v) is 9.41. The summed E-state index contributed by atoms with van der Waals surface area (Å²) in [6.45, 7) is 15.6. The smallest absolute Gasteiger partial charge is 0.330 e. The molecule has 22 heavy (non-hydrogen) atoms. The van der Waals surface area contributed by atoms with Crippen LogP contribution < -0.4 is 0 Å². The van der Waals surface area contributed by atoms with E-state index in [-0.39, 0.29) is 16.6 Å². The summed E-state index contributed by atoms with van der Waals surface area (Å²) in [5, 5.41) is 0.144. The van der Waals surface area contributed by atoms with Crippen molar-refractivity contribution in [2.24, 2.45) is 0 Å². The minimum absolute atomic E-state index is 0.144. The van der Waals surface area contributed by atoms with E-state index in [9.17, 15) is 4.79 Å². The summed E-state index contributed by atoms with van der Waals surface area (Å²) in [5.41, 5.74) is 0.642. The average molecular weight is 325 g/mol. The van der Waals surface area contributed by atoms with Gasteiger partial charge in [0, 0.05) is 6.08 Å². The summed E-state index contributed by atoms with van der Waals surface area (Å²) in [4.78, 5) is 11.9. The van der Waals surface area contributed by atoms with Gasteiger partial charge in [0.2, 0.25) is 0 Å². The van der Waals surface area contributed by atoms with Gasteiger partial charge in [-0.3, -0.25) is 0 Å². The molecule has 126 valence electrons. The molecule has 4 heteroatoms. The zero-order valence-corrected chi connectivity index (χ0v) is 16.3. The second-order valence-electron chi connectivity index (χ2n) is 7.73. The fourth-order valence-electron chi connectivity index (χ4n) is 2.43. The highest BCUT2D eigenvalue weighted by Gasteiger charge is 2.44. The van der Waals surface area contributed by atoms with Crippen LogP contribution in [0.25, 0.3) is 0 Å². The molecule has 0 saturated carbocycles. The van der Waals surface area contributed by atoms with Crippen LogP contribution in [0.2, 0.25) is 18.1 Å². The number of rotatable bonds is 4. The quantitative estimate of drug-likeness (QED) is 0.316. The van der Waals surface area contributed by atoms with Gasteiger partial charge < -0.3 is 9.16 Å². The largest absolute Gasteiger partial charge is 0.463 e. The molecule has 3 nitrogen and oxygen atoms in total. The van der Waals surface area contributed by atoms with E-state index in [4.69, 9.17) is 9.16 Å². The zero-order valence-electron chi connectivity index (χ0n) is 15.3. The molecule has 0 aromatic heterocycles. The molecule has 0 spiro atoms. The summed E-state index contributed by atoms with van der Waals surface area (Å²) in [7, 11) is -1.92. The Morgan fingerprint density at radius 2 is 2.00 bits per heavy atom. The van der Waals surface area contributed by atoms with Crippen LogP contribution in [0.15, 0.2) is 23.8 Å². The molecule has 0 heterocycles. The lowest BCUT2D eigenvalue weighted by molar-refractivity contribution is -0.137. The highest BCUT2D eigenvalue weighted by molar-refractivity contribution is 6.74. The van der Waals surface area contributed by atoms with E-state index in [0.29, 0.717) is 6.61 Å². The Balaban J connectivity index is 3.11. The van der Waals surface area contributed by atoms with Crippen LogP contribution in [0.5, 0.6) is 0 Å². The second kappa shape index (κ2) is 7.13. The van der Waals surface area contributed by atoms with E-state index in [1.807, 2.05) is 6.92 Å². The van der Waals surface area contributed by atoms with Crippen molar-refractivity contribution in [1.82, 2.24) is 0 Å². The lowest BCUT2D eigenvalue weighted by Crippen LogP contribution is -2.49. The van der Waals surface area contributed by atoms with Gasteiger partial charge in [-0.15, -0.1) is 0 Å². The number of hydrogen-bond donors (Lipinski definition) is 0. The van der Waals surface area contributed by atoms with Crippen LogP contribution in [0.4, 0.5) is 0 Å². The predicted molar refractivity (Wildman–Crippen MR) is 94.4 cm³/mol. The first kappa shape index (κ1) is 19.2. The fourth-order valence-corrected chi connectivity index (χ4v) is 4.10. The molecular formula is C18H32O3Si. The summed E-state index contributed by atoms with van der Waals surface area (Å²) in [5.74, 6) is -0.266. The van der Waals surface area contributed by atoms with Crippen molar-refractivity contribution >= 4 is 14.3 Å². The van der Waals surface area contributed by atoms with Crippen molar-refractivity contribution in [3.05, 3.63) is 23.8 Å². The van der Waals surface area contributed by atoms with Gasteiger partial charge in [-0.05, 0) is 56.8 Å². The van der Waals surface area contributed by atoms with Crippen molar-refractivity contribution < 1.29 is 14.0 Å². The number of hydrogen-bond acceptors (Lipinski definition) is 3. The van der Waals surface area contributed by atoms with Crippen molar-refractivity contribution in [2.45, 2.75) is 77.6 Å². The average Bonchev–Trinajstić information content (AvgIpc) is 2.50. The zero-order chi connectivity index (χ0) is 17.0. The molecule has 0 saturated heterocycles. The molecule has 0 aliphatic heterocycles. The first-order valence-corrected chi connectivity index (χ1v) is 11.2. The highest BCUT2D eigenvalue weighted by atomic mass is 28.4. The fraction of sp³-hybridized carbons (Fsp3) is 0.722. The second-order valence-corrected chi connectivity index (χ2v) is 12.5. The molecule has 1 unspecified atom stereocenters. The summed E-state index contributed by atoms with van der Waals surface area (Å²) >= 11 is 0. The van der Waals surface area contributed by atoms with Crippen LogP contribution in [0.1, 0.15) is 53.9 Å². The molecule has 0 fully saturated rings. The summed E-state index contributed by atoms with van der Waals surface area (Å²) in [6, 6.07) is 0. The summed E-state index contributed by atoms with van der Waals surface area (Å²) in [6.07, 6.45) is 8.59. The molecule has 0 N–H and O–H groups in total. The topological polar surface area (TPSA) is 35.5 Å². The Bertz CT molecular complexity index is 457. The number of carbonyl (C=O) groups excluding carboxylic acids is 1. The molecule has 1 atom stereocenters. The van der Waals surface area contributed by atoms with Crippen LogP contribution in [-0.4, -0.2) is 26.5 Å². The Hall–Kier alpha value is -0.873. The standard InChI is InChI=1S/C18H32O3Si/c1-8-20-16(19)14-15-12-10-9-11-13-18(15,5)21-22(6,7)17(2,3)4/h9-10,14H,8,11-13H2,1-7H3/b15-14+. The molecule has 0 aromatic carbocycles. The number of allylic oxidation sites excluding steroid dienone is 2. The van der Waals surface area contributed by atoms with Gasteiger partial charge >= 0.3 is 5.97 Å². The molecule has 0 amide bonds. The Kier molecular flexibility index (Phi) is 6.22. The third-order valence-electron chi connectivity index (χ3n) is 4.84. The molecule has 1 rings (SSSR count). The predicted octanol–water partition coefficient (Wildman–Crippen LogP) is 5.00. The number of ether oxygens (including phenoxy) is 1. The Morgan fingerprint density at radius 3 is 2.55 bits per heavy atom. The molecule has 0 bridgehead atoms. The number of esters is 1. The van der Waals surface area contributed by atoms with Crippen molar-refractivity contribution in [3.8, 4) is 0 Å². The minimum Gasteiger partial charge on any atom is -0.463 e. The Morgan fingerprint density at radius 1 is 1.36 bits per heavy atom. The first-order chi connectivity index (χ1) is 10.0. The molecule has 1 aliphatic rings. The van der Waals surface area contributed by atoms with E-state index in [1.54, 1.807) is 6.08 Å². The van der Waals surface area contributed by atoms with Gasteiger partial charge in [-0.25, -0.2) is 4.79 Å². The van der Waals surface area contributed by atoms with Gasteiger partial charge in [0.05, 0.1) is 12.2 Å². The maximum atomic E-state index is 11.9. The maximum absolute atomic E-state index is 11.9. The third kappa shape index (κ3) is 4.82. The monoisotopic (exact) mass is 324 g/mol. The van der Waals surface area contributed by atoms with E-state index >= 15 is 0 Å². The normalized spacial score (nSPS) is 25.1. The van der Waals surface area contributed by atoms with Gasteiger partial charge in [-0.2, -0.15) is 0 Å². The number of carbonyl (C=O) groups is 1. The van der Waals surface area contributed by atoms with Gasteiger partial charge in [0.25, 0.3) is 0 Å². The lowest BCUT2D eigenvalue weighted by Gasteiger charge is -2.45. The van der Waals surface area contributed by atoms with Gasteiger partial charge in [0.1, 0.15) is 0 Å². The van der Waals surface area contributed by atoms with Gasteiger partial charge in [0.15, 0.2) is 8.32 Å². The maximum Gasteiger partial charge on any atom is 0.330 e. The highest BCUT2D eigenvalue weighted by Crippen LogP contribution is 2.43. The molecule has 1 aliphatic carbocycles. The van der Waals surface area contributed by atoms with Gasteiger partial charge in [-0.1, -0.05) is 32.9 Å². The van der Waals surface area contributed by atoms with E-state index < -0.39 is 8.32 Å².